The Morgan fingerprint density at radius 3 is 1.45 bits per heavy atom. The van der Waals surface area contributed by atoms with E-state index in [2.05, 4.69) is 116 Å². The molecule has 0 saturated carbocycles. The predicted octanol–water partition coefficient (Wildman–Crippen LogP) is 13.4. The molecule has 23 heteroatoms. The number of nitrogens with one attached hydrogen (secondary N) is 4. The number of hydrogen-bond acceptors (Lipinski definition) is 19. The quantitative estimate of drug-likeness (QED) is 0.0245. The first-order valence-corrected chi connectivity index (χ1v) is 37.2. The van der Waals surface area contributed by atoms with Gasteiger partial charge in [-0.3, -0.25) is 34.0 Å². The van der Waals surface area contributed by atoms with Crippen molar-refractivity contribution in [2.75, 3.05) is 23.0 Å². The van der Waals surface area contributed by atoms with Gasteiger partial charge in [-0.15, -0.1) is 58.0 Å². The van der Waals surface area contributed by atoms with E-state index in [4.69, 9.17) is 14.5 Å². The molecule has 4 aliphatic heterocycles. The van der Waals surface area contributed by atoms with Crippen molar-refractivity contribution < 1.29 is 43.0 Å². The van der Waals surface area contributed by atoms with Crippen LogP contribution in [-0.2, 0) is 60.9 Å². The fraction of sp³-hybridized carbons (Fsp3) is 0.479. The average Bonchev–Trinajstić information content (AvgIpc) is 1.50. The number of amides is 4. The summed E-state index contributed by atoms with van der Waals surface area (Å²) in [5, 5.41) is 18.3. The Kier molecular flexibility index (Phi) is 30.4. The molecule has 17 nitrogen and oxygen atoms in total. The van der Waals surface area contributed by atoms with Gasteiger partial charge in [0.15, 0.2) is 5.12 Å². The minimum absolute atomic E-state index is 0. The Morgan fingerprint density at radius 1 is 0.617 bits per heavy atom. The highest BCUT2D eigenvalue weighted by atomic mass is 32.2. The molecule has 2 unspecified atom stereocenters. The number of thiazole rings is 2. The van der Waals surface area contributed by atoms with Crippen molar-refractivity contribution in [1.29, 1.82) is 0 Å². The molecular weight excluding hydrogens is 1300 g/mol. The number of allylic oxidation sites excluding steroid dienone is 2. The van der Waals surface area contributed by atoms with Crippen LogP contribution in [0.4, 0.5) is 0 Å². The number of carbonyl (C=O) groups is 7. The summed E-state index contributed by atoms with van der Waals surface area (Å²) in [6, 6.07) is 29.8. The van der Waals surface area contributed by atoms with Crippen LogP contribution in [0.15, 0.2) is 136 Å². The molecule has 0 saturated heterocycles. The zero-order chi connectivity index (χ0) is 65.7. The molecule has 6 atom stereocenters. The number of unbranched alkanes of at least 4 members (excludes halogenated alkanes) is 4. The van der Waals surface area contributed by atoms with E-state index in [1.807, 2.05) is 80.6 Å². The number of ether oxygens (including phenoxy) is 2. The number of nitrogens with zero attached hydrogens (tertiary/aromatic N) is 4. The van der Waals surface area contributed by atoms with E-state index in [1.54, 1.807) is 26.0 Å². The Hall–Kier alpha value is -6.37. The van der Waals surface area contributed by atoms with Gasteiger partial charge in [0, 0.05) is 34.4 Å². The lowest BCUT2D eigenvalue weighted by Crippen LogP contribution is -2.53. The summed E-state index contributed by atoms with van der Waals surface area (Å²) in [5.74, 6) is -0.689. The van der Waals surface area contributed by atoms with Crippen molar-refractivity contribution in [3.63, 3.8) is 0 Å². The first-order chi connectivity index (χ1) is 44.3. The van der Waals surface area contributed by atoms with Crippen LogP contribution in [0.1, 0.15) is 166 Å². The second-order valence-corrected chi connectivity index (χ2v) is 30.2. The molecule has 2 aromatic heterocycles. The van der Waals surface area contributed by atoms with Gasteiger partial charge in [0.25, 0.3) is 0 Å². The highest BCUT2D eigenvalue weighted by Gasteiger charge is 2.44. The topological polar surface area (TPSA) is 237 Å². The van der Waals surface area contributed by atoms with Crippen molar-refractivity contribution in [1.82, 2.24) is 31.2 Å². The van der Waals surface area contributed by atoms with Crippen molar-refractivity contribution in [2.45, 2.75) is 181 Å². The van der Waals surface area contributed by atoms with Crippen molar-refractivity contribution in [3.8, 4) is 0 Å². The molecule has 3 aromatic carbocycles. The molecule has 94 heavy (non-hydrogen) atoms. The lowest BCUT2D eigenvalue weighted by molar-refractivity contribution is -0.154. The molecule has 4 aliphatic rings. The van der Waals surface area contributed by atoms with Gasteiger partial charge in [0.1, 0.15) is 66.9 Å². The third-order valence-corrected chi connectivity index (χ3v) is 22.5. The number of fused-ring (bicyclic) bond motifs is 8. The molecule has 9 rings (SSSR count). The highest BCUT2D eigenvalue weighted by molar-refractivity contribution is 8.15. The molecule has 0 radical (unpaired) electrons. The Labute approximate surface area is 580 Å². The van der Waals surface area contributed by atoms with Crippen LogP contribution in [-0.4, -0.2) is 119 Å². The lowest BCUT2D eigenvalue weighted by atomic mass is 9.84. The van der Waals surface area contributed by atoms with Crippen LogP contribution >= 0.6 is 69.7 Å². The van der Waals surface area contributed by atoms with Gasteiger partial charge < -0.3 is 30.7 Å². The molecular formula is C71H92N8O9S6. The molecule has 8 bridgehead atoms. The number of benzene rings is 3. The standard InChI is InChI=1S/C40H42N4O4S3.C29H42N4O5S3.2CH4/c1-27(2)35-37(46)48-31(23-33(45)41-24-34-42-32(25-49-34)36-44-39(3,26-50-36)38(47)43-35)21-13-14-22-51-40(28-15-7-4-8-16-28,29-17-9-5-10-18-29)30-19-11-6-12-20-30;1-5-6-7-8-9-13-24(35)39-14-11-10-12-20-15-22(34)30-16-23-31-21(17-40-23)26-33-29(4,18-41-26)28(37)32-25(19(2)3)27(36)38-20;;/h4-13,15-21,25,27,31,35H,14,22-24,26H2,1-3H3,(H,41,45)(H,43,47);10,12,17,19-20,25H,5-9,11,13-16,18H2,1-4H3,(H,30,34)(H,32,37);2*1H4/b21-13+;12-10+;;/t31?,35-,39-;20?,25-,29-;;/m00../s1. The SMILES string of the molecule is C.C.CC(C)[C@@H]1NC(=O)[C@]2(C)CSC(=N2)c2csc(n2)CNC(=O)CC(/C=C/CCSC(c2ccccc2)(c2ccccc2)c2ccccc2)OC1=O.CCCCCCCC(=O)SCC/C=C/C1CC(=O)NCc2nc(cs2)C2=N[C@@](C)(CS2)C(=O)N[C@@H](C(C)C)C(=O)O1. The van der Waals surface area contributed by atoms with E-state index in [0.717, 1.165) is 28.6 Å². The fourth-order valence-electron chi connectivity index (χ4n) is 10.4. The van der Waals surface area contributed by atoms with Crippen molar-refractivity contribution in [2.24, 2.45) is 21.8 Å². The van der Waals surface area contributed by atoms with Gasteiger partial charge in [-0.25, -0.2) is 19.6 Å². The van der Waals surface area contributed by atoms with Crippen molar-refractivity contribution in [3.05, 3.63) is 164 Å². The molecule has 6 heterocycles. The summed E-state index contributed by atoms with van der Waals surface area (Å²) in [7, 11) is 0. The van der Waals surface area contributed by atoms with E-state index in [-0.39, 0.29) is 81.4 Å². The van der Waals surface area contributed by atoms with Crippen LogP contribution in [0.2, 0.25) is 0 Å². The first-order valence-electron chi connectivity index (χ1n) is 31.5. The molecule has 0 fully saturated rings. The van der Waals surface area contributed by atoms with Gasteiger partial charge in [-0.2, -0.15) is 0 Å². The summed E-state index contributed by atoms with van der Waals surface area (Å²) in [5.41, 5.74) is 2.83. The van der Waals surface area contributed by atoms with E-state index in [9.17, 15) is 33.6 Å². The van der Waals surface area contributed by atoms with Crippen LogP contribution in [0.25, 0.3) is 0 Å². The normalized spacial score (nSPS) is 22.1. The minimum Gasteiger partial charge on any atom is -0.456 e. The van der Waals surface area contributed by atoms with Crippen LogP contribution < -0.4 is 21.3 Å². The summed E-state index contributed by atoms with van der Waals surface area (Å²) >= 11 is 8.91. The second-order valence-electron chi connectivity index (χ2n) is 24.0. The van der Waals surface area contributed by atoms with Gasteiger partial charge in [0.2, 0.25) is 23.6 Å². The lowest BCUT2D eigenvalue weighted by Gasteiger charge is -2.35. The number of cyclic esters (lactones) is 2. The number of carbonyl (C=O) groups excluding carboxylic acids is 7. The number of thioether (sulfide) groups is 4. The summed E-state index contributed by atoms with van der Waals surface area (Å²) < 4.78 is 11.3. The van der Waals surface area contributed by atoms with E-state index in [0.29, 0.717) is 58.0 Å². The highest BCUT2D eigenvalue weighted by Crippen LogP contribution is 2.49. The van der Waals surface area contributed by atoms with E-state index in [1.165, 1.54) is 93.9 Å². The zero-order valence-electron chi connectivity index (χ0n) is 53.3. The number of aromatic nitrogens is 2. The fourth-order valence-corrected chi connectivity index (χ4v) is 16.5. The first kappa shape index (κ1) is 76.6. The maximum atomic E-state index is 13.6. The maximum Gasteiger partial charge on any atom is 0.329 e. The Bertz CT molecular complexity index is 3350. The van der Waals surface area contributed by atoms with Gasteiger partial charge >= 0.3 is 11.9 Å². The van der Waals surface area contributed by atoms with Gasteiger partial charge in [-0.1, -0.05) is 190 Å². The monoisotopic (exact) mass is 1390 g/mol. The second kappa shape index (κ2) is 37.2. The number of esters is 2. The van der Waals surface area contributed by atoms with Gasteiger partial charge in [-0.05, 0) is 79.5 Å². The van der Waals surface area contributed by atoms with Gasteiger partial charge in [0.05, 0.1) is 30.7 Å². The van der Waals surface area contributed by atoms with Crippen LogP contribution in [0.5, 0.6) is 0 Å². The largest absolute Gasteiger partial charge is 0.456 e. The summed E-state index contributed by atoms with van der Waals surface area (Å²) in [6.45, 7) is 13.6. The summed E-state index contributed by atoms with van der Waals surface area (Å²) in [6.07, 6.45) is 13.0. The number of rotatable bonds is 20. The molecule has 506 valence electrons. The smallest absolute Gasteiger partial charge is 0.329 e. The van der Waals surface area contributed by atoms with Crippen LogP contribution in [0, 0.1) is 11.8 Å². The van der Waals surface area contributed by atoms with Crippen molar-refractivity contribution >= 4 is 120 Å². The molecule has 4 amide bonds. The number of aliphatic imine (C=N–C) groups is 2. The third-order valence-electron chi connectivity index (χ3n) is 15.7. The molecule has 0 spiro atoms. The number of hydrogen-bond donors (Lipinski definition) is 4. The Balaban J connectivity index is 0.000000299. The maximum absolute atomic E-state index is 13.6. The third kappa shape index (κ3) is 21.3. The summed E-state index contributed by atoms with van der Waals surface area (Å²) in [4.78, 5) is 110. The predicted molar refractivity (Wildman–Crippen MR) is 389 cm³/mol. The zero-order valence-corrected chi connectivity index (χ0v) is 58.2. The minimum atomic E-state index is -1.05. The molecule has 0 aliphatic carbocycles. The van der Waals surface area contributed by atoms with Crippen LogP contribution in [0.3, 0.4) is 0 Å². The molecule has 5 aromatic rings. The van der Waals surface area contributed by atoms with E-state index < -0.39 is 52.1 Å². The molecule has 4 N–H and O–H groups in total. The van der Waals surface area contributed by atoms with E-state index >= 15 is 0 Å². The average molecular weight is 1390 g/mol. The Morgan fingerprint density at radius 2 is 1.03 bits per heavy atom.